The molecule has 0 atom stereocenters. The molecule has 1 amide bonds. The summed E-state index contributed by atoms with van der Waals surface area (Å²) in [5, 5.41) is 5.56. The fraction of sp³-hybridized carbons (Fsp3) is 0.800. The van der Waals surface area contributed by atoms with E-state index in [1.165, 1.54) is 7.05 Å². The fourth-order valence-corrected chi connectivity index (χ4v) is 1.12. The number of amides is 1. The maximum atomic E-state index is 12.0. The number of nitrogens with zero attached hydrogens (tertiary/aromatic N) is 2. The van der Waals surface area contributed by atoms with Crippen molar-refractivity contribution >= 4 is 11.9 Å². The van der Waals surface area contributed by atoms with E-state index in [-0.39, 0.29) is 6.54 Å². The summed E-state index contributed by atoms with van der Waals surface area (Å²) in [5.74, 6) is -0.252. The molecule has 18 heavy (non-hydrogen) atoms. The second kappa shape index (κ2) is 7.78. The molecule has 0 spiro atoms. The number of carbonyl (C=O) groups excluding carboxylic acids is 1. The Labute approximate surface area is 104 Å². The Morgan fingerprint density at radius 3 is 2.39 bits per heavy atom. The molecule has 5 nitrogen and oxygen atoms in total. The first-order chi connectivity index (χ1) is 8.30. The van der Waals surface area contributed by atoms with Gasteiger partial charge in [0, 0.05) is 20.6 Å². The standard InChI is InChI=1S/C10H19F3N4O/c1-4-5-15-9(14-2)16-6-8(18)17(3)7-10(11,12)13/h4-7H2,1-3H3,(H2,14,15,16). The van der Waals surface area contributed by atoms with Crippen LogP contribution in [0, 0.1) is 0 Å². The molecule has 0 fully saturated rings. The van der Waals surface area contributed by atoms with Crippen LogP contribution >= 0.6 is 0 Å². The van der Waals surface area contributed by atoms with Crippen molar-refractivity contribution in [2.45, 2.75) is 19.5 Å². The lowest BCUT2D eigenvalue weighted by Crippen LogP contribution is -2.45. The third kappa shape index (κ3) is 7.75. The molecule has 8 heteroatoms. The quantitative estimate of drug-likeness (QED) is 0.566. The zero-order valence-electron chi connectivity index (χ0n) is 10.8. The largest absolute Gasteiger partial charge is 0.406 e. The van der Waals surface area contributed by atoms with Crippen LogP contribution in [0.2, 0.25) is 0 Å². The van der Waals surface area contributed by atoms with Gasteiger partial charge in [0.2, 0.25) is 5.91 Å². The minimum Gasteiger partial charge on any atom is -0.356 e. The summed E-state index contributed by atoms with van der Waals surface area (Å²) in [5.41, 5.74) is 0. The Morgan fingerprint density at radius 2 is 1.94 bits per heavy atom. The van der Waals surface area contributed by atoms with Crippen molar-refractivity contribution in [1.29, 1.82) is 0 Å². The number of guanidine groups is 1. The molecule has 0 radical (unpaired) electrons. The van der Waals surface area contributed by atoms with Gasteiger partial charge in [0.05, 0.1) is 6.54 Å². The van der Waals surface area contributed by atoms with Crippen LogP contribution in [0.4, 0.5) is 13.2 Å². The number of halogens is 3. The first-order valence-electron chi connectivity index (χ1n) is 5.55. The summed E-state index contributed by atoms with van der Waals surface area (Å²) in [6.07, 6.45) is -3.50. The number of hydrogen-bond donors (Lipinski definition) is 2. The molecular weight excluding hydrogens is 249 g/mol. The maximum absolute atomic E-state index is 12.0. The Morgan fingerprint density at radius 1 is 1.33 bits per heavy atom. The Balaban J connectivity index is 4.08. The van der Waals surface area contributed by atoms with E-state index in [0.29, 0.717) is 17.4 Å². The highest BCUT2D eigenvalue weighted by atomic mass is 19.4. The average Bonchev–Trinajstić information content (AvgIpc) is 2.26. The molecular formula is C10H19F3N4O. The van der Waals surface area contributed by atoms with Crippen LogP contribution in [0.1, 0.15) is 13.3 Å². The second-order valence-electron chi connectivity index (χ2n) is 3.72. The molecule has 0 aliphatic heterocycles. The zero-order valence-corrected chi connectivity index (χ0v) is 10.8. The molecule has 0 aliphatic rings. The van der Waals surface area contributed by atoms with Gasteiger partial charge in [-0.15, -0.1) is 0 Å². The zero-order chi connectivity index (χ0) is 14.2. The lowest BCUT2D eigenvalue weighted by molar-refractivity contribution is -0.157. The van der Waals surface area contributed by atoms with Gasteiger partial charge in [0.1, 0.15) is 6.54 Å². The van der Waals surface area contributed by atoms with Crippen molar-refractivity contribution in [2.24, 2.45) is 4.99 Å². The Hall–Kier alpha value is -1.47. The van der Waals surface area contributed by atoms with Crippen LogP contribution in [-0.4, -0.2) is 56.7 Å². The number of nitrogens with one attached hydrogen (secondary N) is 2. The molecule has 2 N–H and O–H groups in total. The summed E-state index contributed by atoms with van der Waals surface area (Å²) in [6, 6.07) is 0. The van der Waals surface area contributed by atoms with Crippen molar-refractivity contribution in [2.75, 3.05) is 33.7 Å². The monoisotopic (exact) mass is 268 g/mol. The van der Waals surface area contributed by atoms with Gasteiger partial charge in [-0.3, -0.25) is 9.79 Å². The number of aliphatic imine (C=N–C) groups is 1. The number of alkyl halides is 3. The van der Waals surface area contributed by atoms with Gasteiger partial charge in [-0.1, -0.05) is 6.92 Å². The highest BCUT2D eigenvalue weighted by Gasteiger charge is 2.30. The smallest absolute Gasteiger partial charge is 0.356 e. The lowest BCUT2D eigenvalue weighted by atomic mass is 10.4. The molecule has 106 valence electrons. The summed E-state index contributed by atoms with van der Waals surface area (Å²) < 4.78 is 36.1. The molecule has 0 saturated carbocycles. The SMILES string of the molecule is CCCNC(=NC)NCC(=O)N(C)CC(F)(F)F. The molecule has 0 bridgehead atoms. The van der Waals surface area contributed by atoms with Crippen LogP contribution < -0.4 is 10.6 Å². The van der Waals surface area contributed by atoms with Gasteiger partial charge in [-0.25, -0.2) is 0 Å². The number of carbonyl (C=O) groups is 1. The molecule has 0 rings (SSSR count). The highest BCUT2D eigenvalue weighted by Crippen LogP contribution is 2.15. The predicted octanol–water partition coefficient (Wildman–Crippen LogP) is 0.582. The van der Waals surface area contributed by atoms with Gasteiger partial charge < -0.3 is 15.5 Å². The van der Waals surface area contributed by atoms with E-state index in [2.05, 4.69) is 15.6 Å². The lowest BCUT2D eigenvalue weighted by Gasteiger charge is -2.19. The van der Waals surface area contributed by atoms with E-state index in [4.69, 9.17) is 0 Å². The fourth-order valence-electron chi connectivity index (χ4n) is 1.12. The van der Waals surface area contributed by atoms with E-state index >= 15 is 0 Å². The summed E-state index contributed by atoms with van der Waals surface area (Å²) in [6.45, 7) is 1.15. The molecule has 0 heterocycles. The third-order valence-electron chi connectivity index (χ3n) is 2.02. The summed E-state index contributed by atoms with van der Waals surface area (Å²) in [7, 11) is 2.63. The minimum atomic E-state index is -4.38. The first kappa shape index (κ1) is 16.5. The van der Waals surface area contributed by atoms with E-state index in [1.54, 1.807) is 0 Å². The van der Waals surface area contributed by atoms with Gasteiger partial charge in [-0.05, 0) is 6.42 Å². The topological polar surface area (TPSA) is 56.7 Å². The van der Waals surface area contributed by atoms with Crippen molar-refractivity contribution < 1.29 is 18.0 Å². The third-order valence-corrected chi connectivity index (χ3v) is 2.02. The summed E-state index contributed by atoms with van der Waals surface area (Å²) in [4.78, 5) is 15.9. The highest BCUT2D eigenvalue weighted by molar-refractivity contribution is 5.86. The molecule has 0 aliphatic carbocycles. The van der Waals surface area contributed by atoms with Crippen LogP contribution in [0.5, 0.6) is 0 Å². The maximum Gasteiger partial charge on any atom is 0.406 e. The average molecular weight is 268 g/mol. The van der Waals surface area contributed by atoms with Crippen molar-refractivity contribution in [1.82, 2.24) is 15.5 Å². The van der Waals surface area contributed by atoms with Gasteiger partial charge in [-0.2, -0.15) is 13.2 Å². The minimum absolute atomic E-state index is 0.226. The van der Waals surface area contributed by atoms with E-state index in [0.717, 1.165) is 13.5 Å². The van der Waals surface area contributed by atoms with Crippen LogP contribution in [0.25, 0.3) is 0 Å². The van der Waals surface area contributed by atoms with Gasteiger partial charge in [0.25, 0.3) is 0 Å². The molecule has 0 aromatic carbocycles. The molecule has 0 saturated heterocycles. The van der Waals surface area contributed by atoms with Crippen molar-refractivity contribution in [3.8, 4) is 0 Å². The van der Waals surface area contributed by atoms with E-state index < -0.39 is 18.6 Å². The second-order valence-corrected chi connectivity index (χ2v) is 3.72. The van der Waals surface area contributed by atoms with Crippen LogP contribution in [0.15, 0.2) is 4.99 Å². The summed E-state index contributed by atoms with van der Waals surface area (Å²) >= 11 is 0. The first-order valence-corrected chi connectivity index (χ1v) is 5.55. The predicted molar refractivity (Wildman–Crippen MR) is 63.3 cm³/mol. The van der Waals surface area contributed by atoms with Gasteiger partial charge >= 0.3 is 6.18 Å². The number of rotatable bonds is 5. The van der Waals surface area contributed by atoms with Crippen LogP contribution in [0.3, 0.4) is 0 Å². The van der Waals surface area contributed by atoms with Crippen molar-refractivity contribution in [3.63, 3.8) is 0 Å². The number of likely N-dealkylation sites (N-methyl/N-ethyl adjacent to an activating group) is 1. The normalized spacial score (nSPS) is 12.2. The van der Waals surface area contributed by atoms with E-state index in [1.807, 2.05) is 6.92 Å². The van der Waals surface area contributed by atoms with E-state index in [9.17, 15) is 18.0 Å². The Bertz CT molecular complexity index is 291. The van der Waals surface area contributed by atoms with Gasteiger partial charge in [0.15, 0.2) is 5.96 Å². The molecule has 0 unspecified atom stereocenters. The molecule has 0 aromatic heterocycles. The van der Waals surface area contributed by atoms with Crippen LogP contribution in [-0.2, 0) is 4.79 Å². The van der Waals surface area contributed by atoms with Crippen molar-refractivity contribution in [3.05, 3.63) is 0 Å². The number of hydrogen-bond acceptors (Lipinski definition) is 2. The Kier molecular flexibility index (Phi) is 7.14. The molecule has 0 aromatic rings.